The number of pyridine rings is 1. The zero-order chi connectivity index (χ0) is 23.7. The van der Waals surface area contributed by atoms with Crippen LogP contribution in [0.4, 0.5) is 11.4 Å². The van der Waals surface area contributed by atoms with Crippen LogP contribution in [-0.2, 0) is 0 Å². The van der Waals surface area contributed by atoms with Gasteiger partial charge in [-0.3, -0.25) is 15.1 Å². The zero-order valence-electron chi connectivity index (χ0n) is 17.5. The third kappa shape index (κ3) is 4.72. The molecule has 4 aromatic rings. The van der Waals surface area contributed by atoms with Crippen molar-refractivity contribution in [2.24, 2.45) is 0 Å². The summed E-state index contributed by atoms with van der Waals surface area (Å²) in [5, 5.41) is 17.1. The fraction of sp³-hybridized carbons (Fsp3) is 0.0833. The Kier molecular flexibility index (Phi) is 6.64. The molecule has 0 amide bonds. The van der Waals surface area contributed by atoms with E-state index in [1.807, 2.05) is 30.3 Å². The van der Waals surface area contributed by atoms with Gasteiger partial charge in [0, 0.05) is 48.5 Å². The topological polar surface area (TPSA) is 71.3 Å². The maximum absolute atomic E-state index is 10.9. The van der Waals surface area contributed by atoms with Crippen molar-refractivity contribution in [2.45, 2.75) is 21.9 Å². The molecule has 2 aromatic heterocycles. The predicted octanol–water partition coefficient (Wildman–Crippen LogP) is 7.14. The van der Waals surface area contributed by atoms with Crippen LogP contribution in [-0.4, -0.2) is 15.0 Å². The Hall–Kier alpha value is -2.79. The fourth-order valence-electron chi connectivity index (χ4n) is 3.85. The summed E-state index contributed by atoms with van der Waals surface area (Å²) < 4.78 is 1.04. The molecule has 2 atom stereocenters. The third-order valence-corrected chi connectivity index (χ3v) is 8.47. The monoisotopic (exact) mass is 568 g/mol. The quantitative estimate of drug-likeness (QED) is 0.150. The van der Waals surface area contributed by atoms with Gasteiger partial charge in [-0.1, -0.05) is 17.8 Å². The van der Waals surface area contributed by atoms with Crippen molar-refractivity contribution in [1.82, 2.24) is 10.3 Å². The van der Waals surface area contributed by atoms with Crippen LogP contribution in [0.5, 0.6) is 0 Å². The van der Waals surface area contributed by atoms with Gasteiger partial charge in [0.05, 0.1) is 22.7 Å². The Bertz CT molecular complexity index is 1330. The number of nitrogens with one attached hydrogen (secondary N) is 1. The molecule has 0 radical (unpaired) electrons. The van der Waals surface area contributed by atoms with E-state index in [0.717, 1.165) is 25.6 Å². The minimum atomic E-state index is -0.392. The van der Waals surface area contributed by atoms with Crippen LogP contribution in [0, 0.1) is 10.1 Å². The van der Waals surface area contributed by atoms with E-state index < -0.39 is 4.92 Å². The van der Waals surface area contributed by atoms with Crippen molar-refractivity contribution >= 4 is 67.7 Å². The van der Waals surface area contributed by atoms with Crippen molar-refractivity contribution in [3.63, 3.8) is 0 Å². The minimum Gasteiger partial charge on any atom is -0.351 e. The minimum absolute atomic E-state index is 0.0353. The van der Waals surface area contributed by atoms with Gasteiger partial charge in [0.25, 0.3) is 5.69 Å². The van der Waals surface area contributed by atoms with Gasteiger partial charge in [-0.2, -0.15) is 0 Å². The third-order valence-electron chi connectivity index (χ3n) is 5.38. The number of halogens is 1. The van der Waals surface area contributed by atoms with Crippen LogP contribution < -0.4 is 10.2 Å². The summed E-state index contributed by atoms with van der Waals surface area (Å²) in [6, 6.07) is 22.7. The first kappa shape index (κ1) is 23.0. The number of hydrogen-bond donors (Lipinski definition) is 1. The summed E-state index contributed by atoms with van der Waals surface area (Å²) >= 11 is 12.6. The van der Waals surface area contributed by atoms with E-state index in [-0.39, 0.29) is 17.8 Å². The molecular weight excluding hydrogens is 552 g/mol. The number of nitro benzene ring substituents is 1. The highest BCUT2D eigenvalue weighted by Crippen LogP contribution is 2.44. The molecule has 1 aliphatic rings. The summed E-state index contributed by atoms with van der Waals surface area (Å²) in [5.41, 5.74) is 2.01. The number of anilines is 1. The lowest BCUT2D eigenvalue weighted by molar-refractivity contribution is -0.384. The first-order valence-corrected chi connectivity index (χ1v) is 13.2. The molecule has 0 saturated carbocycles. The summed E-state index contributed by atoms with van der Waals surface area (Å²) in [4.78, 5) is 20.4. The Morgan fingerprint density at radius 3 is 2.38 bits per heavy atom. The number of aromatic nitrogens is 1. The van der Waals surface area contributed by atoms with Crippen molar-refractivity contribution < 1.29 is 4.92 Å². The molecule has 10 heteroatoms. The lowest BCUT2D eigenvalue weighted by atomic mass is 10.0. The largest absolute Gasteiger partial charge is 0.351 e. The van der Waals surface area contributed by atoms with Gasteiger partial charge >= 0.3 is 0 Å². The van der Waals surface area contributed by atoms with Gasteiger partial charge in [0.2, 0.25) is 0 Å². The number of rotatable bonds is 6. The summed E-state index contributed by atoms with van der Waals surface area (Å²) in [6.07, 6.45) is 1.80. The highest BCUT2D eigenvalue weighted by atomic mass is 79.9. The van der Waals surface area contributed by atoms with Gasteiger partial charge in [-0.05, 0) is 82.7 Å². The van der Waals surface area contributed by atoms with Gasteiger partial charge in [-0.15, -0.1) is 11.3 Å². The first-order valence-electron chi connectivity index (χ1n) is 10.3. The predicted molar refractivity (Wildman–Crippen MR) is 144 cm³/mol. The molecule has 5 rings (SSSR count). The molecule has 1 N–H and O–H groups in total. The fourth-order valence-corrected chi connectivity index (χ4v) is 6.59. The highest BCUT2D eigenvalue weighted by molar-refractivity contribution is 9.10. The molecule has 1 fully saturated rings. The smallest absolute Gasteiger partial charge is 0.269 e. The van der Waals surface area contributed by atoms with E-state index in [4.69, 9.17) is 12.2 Å². The molecule has 0 aliphatic carbocycles. The SMILES string of the molecule is O=[N+]([O-])c1ccc(Sc2ccc(N3C(=S)NC(c4ccccn4)C3c3cc(Br)cs3)cc2)cc1. The lowest BCUT2D eigenvalue weighted by Crippen LogP contribution is -2.29. The molecule has 170 valence electrons. The first-order chi connectivity index (χ1) is 16.5. The highest BCUT2D eigenvalue weighted by Gasteiger charge is 2.41. The molecular formula is C24H17BrN4O2S3. The summed E-state index contributed by atoms with van der Waals surface area (Å²) in [7, 11) is 0. The number of benzene rings is 2. The lowest BCUT2D eigenvalue weighted by Gasteiger charge is -2.27. The van der Waals surface area contributed by atoms with Gasteiger partial charge in [-0.25, -0.2) is 0 Å². The van der Waals surface area contributed by atoms with Crippen LogP contribution in [0.2, 0.25) is 0 Å². The molecule has 3 heterocycles. The van der Waals surface area contributed by atoms with Gasteiger partial charge in [0.1, 0.15) is 0 Å². The zero-order valence-corrected chi connectivity index (χ0v) is 21.5. The maximum atomic E-state index is 10.9. The molecule has 2 aromatic carbocycles. The summed E-state index contributed by atoms with van der Waals surface area (Å²) in [6.45, 7) is 0. The van der Waals surface area contributed by atoms with Gasteiger partial charge in [0.15, 0.2) is 5.11 Å². The second-order valence-corrected chi connectivity index (χ2v) is 10.9. The van der Waals surface area contributed by atoms with Crippen molar-refractivity contribution in [3.8, 4) is 0 Å². The second kappa shape index (κ2) is 9.83. The normalized spacial score (nSPS) is 17.6. The molecule has 0 bridgehead atoms. The number of hydrogen-bond acceptors (Lipinski definition) is 6. The standard InChI is InChI=1S/C24H17BrN4O2S3/c25-15-13-21(33-14-15)23-22(20-3-1-2-12-26-20)27-24(32)28(23)16-4-8-18(9-5-16)34-19-10-6-17(7-11-19)29(30)31/h1-14,22-23H,(H,27,32). The van der Waals surface area contributed by atoms with Crippen molar-refractivity contribution in [1.29, 1.82) is 0 Å². The number of non-ortho nitro benzene ring substituents is 1. The molecule has 1 saturated heterocycles. The second-order valence-electron chi connectivity index (χ2n) is 7.51. The van der Waals surface area contributed by atoms with Crippen LogP contribution >= 0.6 is 51.2 Å². The molecule has 34 heavy (non-hydrogen) atoms. The van der Waals surface area contributed by atoms with Crippen LogP contribution in [0.15, 0.2) is 98.6 Å². The van der Waals surface area contributed by atoms with Crippen LogP contribution in [0.25, 0.3) is 0 Å². The Labute approximate surface area is 218 Å². The molecule has 0 spiro atoms. The van der Waals surface area contributed by atoms with Crippen molar-refractivity contribution in [2.75, 3.05) is 4.90 Å². The molecule has 1 aliphatic heterocycles. The van der Waals surface area contributed by atoms with E-state index in [2.05, 4.69) is 54.7 Å². The van der Waals surface area contributed by atoms with E-state index >= 15 is 0 Å². The van der Waals surface area contributed by atoms with E-state index in [9.17, 15) is 10.1 Å². The average molecular weight is 570 g/mol. The van der Waals surface area contributed by atoms with Crippen LogP contribution in [0.3, 0.4) is 0 Å². The average Bonchev–Trinajstić information content (AvgIpc) is 3.43. The Balaban J connectivity index is 1.43. The summed E-state index contributed by atoms with van der Waals surface area (Å²) in [5.74, 6) is 0. The Morgan fingerprint density at radius 2 is 1.79 bits per heavy atom. The van der Waals surface area contributed by atoms with Gasteiger partial charge < -0.3 is 10.2 Å². The number of thiophene rings is 1. The Morgan fingerprint density at radius 1 is 1.09 bits per heavy atom. The number of nitrogens with zero attached hydrogens (tertiary/aromatic N) is 3. The van der Waals surface area contributed by atoms with E-state index in [0.29, 0.717) is 5.11 Å². The number of thiocarbonyl (C=S) groups is 1. The van der Waals surface area contributed by atoms with E-state index in [1.54, 1.807) is 41.4 Å². The maximum Gasteiger partial charge on any atom is 0.269 e. The molecule has 2 unspecified atom stereocenters. The molecule has 6 nitrogen and oxygen atoms in total. The van der Waals surface area contributed by atoms with Crippen molar-refractivity contribution in [3.05, 3.63) is 110 Å². The van der Waals surface area contributed by atoms with E-state index in [1.165, 1.54) is 17.0 Å². The number of nitro groups is 1. The van der Waals surface area contributed by atoms with Crippen LogP contribution in [0.1, 0.15) is 22.7 Å².